The largest absolute Gasteiger partial charge is 0.375 e. The first-order valence-corrected chi connectivity index (χ1v) is 5.36. The highest BCUT2D eigenvalue weighted by Gasteiger charge is 2.41. The minimum atomic E-state index is -0.204. The van der Waals surface area contributed by atoms with Crippen LogP contribution in [0.5, 0.6) is 0 Å². The zero-order valence-electron chi connectivity index (χ0n) is 9.25. The Hall–Kier alpha value is -0.410. The molecule has 0 spiro atoms. The van der Waals surface area contributed by atoms with Gasteiger partial charge in [-0.3, -0.25) is 9.69 Å². The molecule has 2 heterocycles. The molecule has 0 aliphatic carbocycles. The topological polar surface area (TPSA) is 29.5 Å². The molecule has 80 valence electrons. The van der Waals surface area contributed by atoms with E-state index in [1.165, 1.54) is 0 Å². The van der Waals surface area contributed by atoms with E-state index in [0.29, 0.717) is 12.1 Å². The molecule has 14 heavy (non-hydrogen) atoms. The third kappa shape index (κ3) is 1.71. The van der Waals surface area contributed by atoms with Gasteiger partial charge < -0.3 is 4.74 Å². The molecule has 3 heteroatoms. The average molecular weight is 197 g/mol. The molecule has 0 amide bonds. The van der Waals surface area contributed by atoms with E-state index >= 15 is 0 Å². The number of nitrogens with zero attached hydrogens (tertiary/aromatic N) is 1. The van der Waals surface area contributed by atoms with E-state index in [9.17, 15) is 4.79 Å². The Morgan fingerprint density at radius 3 is 2.71 bits per heavy atom. The van der Waals surface area contributed by atoms with Crippen molar-refractivity contribution in [3.05, 3.63) is 0 Å². The lowest BCUT2D eigenvalue weighted by Gasteiger charge is -2.33. The van der Waals surface area contributed by atoms with Crippen LogP contribution in [0.1, 0.15) is 27.2 Å². The molecule has 2 atom stereocenters. The van der Waals surface area contributed by atoms with Gasteiger partial charge in [-0.05, 0) is 13.3 Å². The first-order valence-electron chi connectivity index (χ1n) is 5.36. The molecule has 2 bridgehead atoms. The second kappa shape index (κ2) is 3.31. The number of ketones is 1. The monoisotopic (exact) mass is 197 g/mol. The average Bonchev–Trinajstić information content (AvgIpc) is 2.63. The summed E-state index contributed by atoms with van der Waals surface area (Å²) >= 11 is 0. The van der Waals surface area contributed by atoms with Crippen molar-refractivity contribution >= 4 is 5.78 Å². The molecular weight excluding hydrogens is 178 g/mol. The van der Waals surface area contributed by atoms with Crippen LogP contribution in [0.2, 0.25) is 0 Å². The predicted molar refractivity (Wildman–Crippen MR) is 54.2 cm³/mol. The van der Waals surface area contributed by atoms with Crippen LogP contribution in [0.25, 0.3) is 0 Å². The van der Waals surface area contributed by atoms with Gasteiger partial charge in [0.1, 0.15) is 5.78 Å². The molecule has 2 aliphatic heterocycles. The van der Waals surface area contributed by atoms with Crippen molar-refractivity contribution in [1.82, 2.24) is 4.90 Å². The molecule has 0 aromatic heterocycles. The highest BCUT2D eigenvalue weighted by Crippen LogP contribution is 2.31. The highest BCUT2D eigenvalue weighted by molar-refractivity contribution is 5.81. The van der Waals surface area contributed by atoms with Gasteiger partial charge in [0.15, 0.2) is 0 Å². The second-order valence-corrected chi connectivity index (χ2v) is 5.21. The molecule has 2 fully saturated rings. The third-order valence-electron chi connectivity index (χ3n) is 3.57. The molecule has 0 radical (unpaired) electrons. The maximum Gasteiger partial charge on any atom is 0.136 e. The molecule has 0 aromatic rings. The zero-order valence-corrected chi connectivity index (χ0v) is 9.25. The quantitative estimate of drug-likeness (QED) is 0.678. The molecule has 0 aromatic carbocycles. The summed E-state index contributed by atoms with van der Waals surface area (Å²) in [5.41, 5.74) is -0.204. The number of fused-ring (bicyclic) bond motifs is 2. The van der Waals surface area contributed by atoms with E-state index in [-0.39, 0.29) is 11.2 Å². The molecule has 0 saturated carbocycles. The van der Waals surface area contributed by atoms with Gasteiger partial charge in [0.2, 0.25) is 0 Å². The summed E-state index contributed by atoms with van der Waals surface area (Å²) in [5, 5.41) is 0. The molecular formula is C11H19NO2. The fraction of sp³-hybridized carbons (Fsp3) is 0.909. The minimum Gasteiger partial charge on any atom is -0.375 e. The zero-order chi connectivity index (χ0) is 10.3. The number of carbonyl (C=O) groups excluding carboxylic acids is 1. The maximum atomic E-state index is 11.4. The summed E-state index contributed by atoms with van der Waals surface area (Å²) in [7, 11) is 0. The summed E-state index contributed by atoms with van der Waals surface area (Å²) in [6, 6.07) is 0.568. The first kappa shape index (κ1) is 10.1. The number of hydrogen-bond donors (Lipinski definition) is 0. The van der Waals surface area contributed by atoms with Gasteiger partial charge in [0.25, 0.3) is 0 Å². The van der Waals surface area contributed by atoms with Crippen LogP contribution in [-0.4, -0.2) is 42.5 Å². The standard InChI is InChI=1S/C11H19NO2/c1-8(13)11(2,3)7-12-5-10-4-9(12)6-14-10/h9-10H,4-7H2,1-3H3. The van der Waals surface area contributed by atoms with Gasteiger partial charge in [-0.1, -0.05) is 13.8 Å². The van der Waals surface area contributed by atoms with Crippen molar-refractivity contribution in [3.8, 4) is 0 Å². The Balaban J connectivity index is 1.95. The predicted octanol–water partition coefficient (Wildman–Crippen LogP) is 1.07. The van der Waals surface area contributed by atoms with E-state index in [0.717, 1.165) is 26.1 Å². The van der Waals surface area contributed by atoms with Gasteiger partial charge in [-0.15, -0.1) is 0 Å². The Labute approximate surface area is 85.4 Å². The highest BCUT2D eigenvalue weighted by atomic mass is 16.5. The van der Waals surface area contributed by atoms with Crippen LogP contribution >= 0.6 is 0 Å². The summed E-state index contributed by atoms with van der Waals surface area (Å²) in [6.45, 7) is 8.50. The second-order valence-electron chi connectivity index (χ2n) is 5.21. The van der Waals surface area contributed by atoms with Gasteiger partial charge in [-0.2, -0.15) is 0 Å². The van der Waals surface area contributed by atoms with Crippen LogP contribution in [-0.2, 0) is 9.53 Å². The van der Waals surface area contributed by atoms with E-state index in [1.807, 2.05) is 13.8 Å². The van der Waals surface area contributed by atoms with Crippen molar-refractivity contribution in [1.29, 1.82) is 0 Å². The normalized spacial score (nSPS) is 32.5. The molecule has 3 nitrogen and oxygen atoms in total. The summed E-state index contributed by atoms with van der Waals surface area (Å²) in [5.74, 6) is 0.279. The van der Waals surface area contributed by atoms with Crippen LogP contribution in [0.4, 0.5) is 0 Å². The number of ether oxygens (including phenoxy) is 1. The Morgan fingerprint density at radius 1 is 1.57 bits per heavy atom. The lowest BCUT2D eigenvalue weighted by atomic mass is 9.88. The summed E-state index contributed by atoms with van der Waals surface area (Å²) in [6.07, 6.45) is 1.59. The molecule has 2 aliphatic rings. The molecule has 2 saturated heterocycles. The number of rotatable bonds is 3. The fourth-order valence-corrected chi connectivity index (χ4v) is 2.29. The Kier molecular flexibility index (Phi) is 2.40. The summed E-state index contributed by atoms with van der Waals surface area (Å²) in [4.78, 5) is 13.8. The van der Waals surface area contributed by atoms with Crippen molar-refractivity contribution in [3.63, 3.8) is 0 Å². The van der Waals surface area contributed by atoms with E-state index in [2.05, 4.69) is 4.90 Å². The summed E-state index contributed by atoms with van der Waals surface area (Å²) < 4.78 is 5.53. The Bertz CT molecular complexity index is 250. The Morgan fingerprint density at radius 2 is 2.29 bits per heavy atom. The molecule has 0 N–H and O–H groups in total. The van der Waals surface area contributed by atoms with E-state index in [1.54, 1.807) is 6.92 Å². The van der Waals surface area contributed by atoms with Crippen molar-refractivity contribution in [2.75, 3.05) is 19.7 Å². The van der Waals surface area contributed by atoms with Gasteiger partial charge in [-0.25, -0.2) is 0 Å². The lowest BCUT2D eigenvalue weighted by molar-refractivity contribution is -0.126. The first-order chi connectivity index (χ1) is 6.49. The maximum absolute atomic E-state index is 11.4. The number of morpholine rings is 1. The van der Waals surface area contributed by atoms with Crippen molar-refractivity contribution in [2.24, 2.45) is 5.41 Å². The van der Waals surface area contributed by atoms with Gasteiger partial charge >= 0.3 is 0 Å². The van der Waals surface area contributed by atoms with Crippen molar-refractivity contribution < 1.29 is 9.53 Å². The van der Waals surface area contributed by atoms with E-state index in [4.69, 9.17) is 4.74 Å². The number of carbonyl (C=O) groups is 1. The number of Topliss-reactive ketones (excluding diaryl/α,β-unsaturated/α-hetero) is 1. The van der Waals surface area contributed by atoms with Gasteiger partial charge in [0, 0.05) is 24.5 Å². The van der Waals surface area contributed by atoms with Crippen LogP contribution < -0.4 is 0 Å². The third-order valence-corrected chi connectivity index (χ3v) is 3.57. The van der Waals surface area contributed by atoms with Crippen LogP contribution in [0, 0.1) is 5.41 Å². The lowest BCUT2D eigenvalue weighted by Crippen LogP contribution is -2.44. The smallest absolute Gasteiger partial charge is 0.136 e. The van der Waals surface area contributed by atoms with Crippen molar-refractivity contribution in [2.45, 2.75) is 39.3 Å². The number of hydrogen-bond acceptors (Lipinski definition) is 3. The number of likely N-dealkylation sites (tertiary alicyclic amines) is 1. The van der Waals surface area contributed by atoms with E-state index < -0.39 is 0 Å². The van der Waals surface area contributed by atoms with Crippen LogP contribution in [0.15, 0.2) is 0 Å². The van der Waals surface area contributed by atoms with Gasteiger partial charge in [0.05, 0.1) is 12.7 Å². The fourth-order valence-electron chi connectivity index (χ4n) is 2.29. The minimum absolute atomic E-state index is 0.204. The molecule has 2 unspecified atom stereocenters. The molecule has 2 rings (SSSR count). The van der Waals surface area contributed by atoms with Crippen LogP contribution in [0.3, 0.4) is 0 Å². The SMILES string of the molecule is CC(=O)C(C)(C)CN1CC2CC1CO2.